The van der Waals surface area contributed by atoms with Gasteiger partial charge in [-0.25, -0.2) is 0 Å². The minimum Gasteiger partial charge on any atom is -0.493 e. The molecule has 2 aliphatic heterocycles. The molecule has 20 heavy (non-hydrogen) atoms. The van der Waals surface area contributed by atoms with Crippen LogP contribution in [0.2, 0.25) is 0 Å². The monoisotopic (exact) mass is 275 g/mol. The van der Waals surface area contributed by atoms with Crippen LogP contribution in [0.3, 0.4) is 0 Å². The fraction of sp³-hybridized carbons (Fsp3) is 0.647. The van der Waals surface area contributed by atoms with E-state index in [2.05, 4.69) is 30.1 Å². The molecule has 1 aromatic rings. The summed E-state index contributed by atoms with van der Waals surface area (Å²) in [5.41, 5.74) is 2.81. The van der Waals surface area contributed by atoms with Crippen molar-refractivity contribution in [2.45, 2.75) is 25.7 Å². The summed E-state index contributed by atoms with van der Waals surface area (Å²) >= 11 is 0. The molecule has 0 amide bonds. The summed E-state index contributed by atoms with van der Waals surface area (Å²) in [6, 6.07) is 6.66. The van der Waals surface area contributed by atoms with E-state index in [1.54, 1.807) is 0 Å². The van der Waals surface area contributed by atoms with Crippen molar-refractivity contribution >= 4 is 0 Å². The minimum absolute atomic E-state index is 0.724. The molecule has 0 N–H and O–H groups in total. The Labute approximate surface area is 121 Å². The van der Waals surface area contributed by atoms with Gasteiger partial charge < -0.3 is 14.4 Å². The molecular formula is C17H25NO2. The van der Waals surface area contributed by atoms with Gasteiger partial charge in [0.15, 0.2) is 0 Å². The Morgan fingerprint density at radius 1 is 1.30 bits per heavy atom. The van der Waals surface area contributed by atoms with Gasteiger partial charge in [0.05, 0.1) is 13.2 Å². The van der Waals surface area contributed by atoms with E-state index in [9.17, 15) is 0 Å². The quantitative estimate of drug-likeness (QED) is 0.824. The fourth-order valence-corrected chi connectivity index (χ4v) is 3.20. The Bertz CT molecular complexity index is 441. The van der Waals surface area contributed by atoms with Crippen molar-refractivity contribution in [3.05, 3.63) is 29.3 Å². The van der Waals surface area contributed by atoms with Crippen LogP contribution in [-0.4, -0.2) is 44.9 Å². The van der Waals surface area contributed by atoms with E-state index in [0.29, 0.717) is 0 Å². The van der Waals surface area contributed by atoms with Gasteiger partial charge in [-0.05, 0) is 49.4 Å². The van der Waals surface area contributed by atoms with E-state index in [1.807, 2.05) is 0 Å². The molecule has 2 aliphatic rings. The number of nitrogens with zero attached hydrogens (tertiary/aromatic N) is 1. The van der Waals surface area contributed by atoms with Crippen LogP contribution in [0, 0.1) is 5.92 Å². The van der Waals surface area contributed by atoms with E-state index in [-0.39, 0.29) is 0 Å². The van der Waals surface area contributed by atoms with Crippen LogP contribution in [0.25, 0.3) is 0 Å². The molecule has 1 fully saturated rings. The molecule has 3 nitrogen and oxygen atoms in total. The van der Waals surface area contributed by atoms with Crippen molar-refractivity contribution in [2.75, 3.05) is 40.0 Å². The van der Waals surface area contributed by atoms with Gasteiger partial charge in [-0.1, -0.05) is 12.1 Å². The average Bonchev–Trinajstić information content (AvgIpc) is 2.93. The Morgan fingerprint density at radius 3 is 3.10 bits per heavy atom. The highest BCUT2D eigenvalue weighted by Crippen LogP contribution is 2.26. The Morgan fingerprint density at radius 2 is 2.25 bits per heavy atom. The SMILES string of the molecule is CN(CCc1ccc2c(c1)CCO2)C[C@H]1CCCOC1. The number of likely N-dealkylation sites (N-methyl/N-ethyl adjacent to an activating group) is 1. The predicted octanol–water partition coefficient (Wildman–Crippen LogP) is 2.52. The molecule has 3 heteroatoms. The third-order valence-electron chi connectivity index (χ3n) is 4.36. The number of hydrogen-bond donors (Lipinski definition) is 0. The van der Waals surface area contributed by atoms with E-state index in [4.69, 9.17) is 9.47 Å². The first-order valence-electron chi connectivity index (χ1n) is 7.82. The summed E-state index contributed by atoms with van der Waals surface area (Å²) in [6.45, 7) is 5.03. The minimum atomic E-state index is 0.724. The summed E-state index contributed by atoms with van der Waals surface area (Å²) in [6.07, 6.45) is 4.74. The first-order valence-corrected chi connectivity index (χ1v) is 7.82. The summed E-state index contributed by atoms with van der Waals surface area (Å²) in [5.74, 6) is 1.81. The maximum atomic E-state index is 5.56. The molecule has 1 aromatic carbocycles. The van der Waals surface area contributed by atoms with Crippen LogP contribution in [0.5, 0.6) is 5.75 Å². The van der Waals surface area contributed by atoms with Gasteiger partial charge >= 0.3 is 0 Å². The van der Waals surface area contributed by atoms with E-state index < -0.39 is 0 Å². The molecule has 0 bridgehead atoms. The number of benzene rings is 1. The maximum absolute atomic E-state index is 5.56. The summed E-state index contributed by atoms with van der Waals surface area (Å²) < 4.78 is 11.1. The highest BCUT2D eigenvalue weighted by atomic mass is 16.5. The van der Waals surface area contributed by atoms with E-state index >= 15 is 0 Å². The maximum Gasteiger partial charge on any atom is 0.122 e. The fourth-order valence-electron chi connectivity index (χ4n) is 3.20. The van der Waals surface area contributed by atoms with Crippen molar-refractivity contribution in [3.8, 4) is 5.75 Å². The van der Waals surface area contributed by atoms with Gasteiger partial charge in [-0.15, -0.1) is 0 Å². The molecule has 1 atom stereocenters. The van der Waals surface area contributed by atoms with Crippen LogP contribution in [0.4, 0.5) is 0 Å². The van der Waals surface area contributed by atoms with Crippen molar-refractivity contribution in [1.82, 2.24) is 4.90 Å². The molecule has 3 rings (SSSR count). The molecular weight excluding hydrogens is 250 g/mol. The Balaban J connectivity index is 1.46. The lowest BCUT2D eigenvalue weighted by molar-refractivity contribution is 0.0422. The Kier molecular flexibility index (Phi) is 4.58. The van der Waals surface area contributed by atoms with Crippen molar-refractivity contribution in [1.29, 1.82) is 0 Å². The molecule has 0 spiro atoms. The smallest absolute Gasteiger partial charge is 0.122 e. The second kappa shape index (κ2) is 6.59. The van der Waals surface area contributed by atoms with Crippen LogP contribution in [-0.2, 0) is 17.6 Å². The van der Waals surface area contributed by atoms with Gasteiger partial charge in [-0.2, -0.15) is 0 Å². The molecule has 0 unspecified atom stereocenters. The zero-order chi connectivity index (χ0) is 13.8. The van der Waals surface area contributed by atoms with E-state index in [1.165, 1.54) is 24.0 Å². The molecule has 0 aromatic heterocycles. The van der Waals surface area contributed by atoms with Crippen molar-refractivity contribution in [3.63, 3.8) is 0 Å². The normalized spacial score (nSPS) is 21.8. The number of rotatable bonds is 5. The van der Waals surface area contributed by atoms with E-state index in [0.717, 1.165) is 57.4 Å². The summed E-state index contributed by atoms with van der Waals surface area (Å²) in [4.78, 5) is 2.45. The first kappa shape index (κ1) is 13.9. The lowest BCUT2D eigenvalue weighted by Gasteiger charge is -2.27. The summed E-state index contributed by atoms with van der Waals surface area (Å²) in [5, 5.41) is 0. The largest absolute Gasteiger partial charge is 0.493 e. The third kappa shape index (κ3) is 3.53. The highest BCUT2D eigenvalue weighted by Gasteiger charge is 2.16. The average molecular weight is 275 g/mol. The Hall–Kier alpha value is -1.06. The van der Waals surface area contributed by atoms with Gasteiger partial charge in [-0.3, -0.25) is 0 Å². The predicted molar refractivity (Wildman–Crippen MR) is 80.4 cm³/mol. The van der Waals surface area contributed by atoms with Crippen LogP contribution >= 0.6 is 0 Å². The van der Waals surface area contributed by atoms with Crippen LogP contribution < -0.4 is 4.74 Å². The lowest BCUT2D eigenvalue weighted by atomic mass is 10.0. The second-order valence-corrected chi connectivity index (χ2v) is 6.14. The zero-order valence-electron chi connectivity index (χ0n) is 12.4. The zero-order valence-corrected chi connectivity index (χ0v) is 12.4. The van der Waals surface area contributed by atoms with Gasteiger partial charge in [0.1, 0.15) is 5.75 Å². The van der Waals surface area contributed by atoms with Gasteiger partial charge in [0.25, 0.3) is 0 Å². The van der Waals surface area contributed by atoms with Crippen molar-refractivity contribution < 1.29 is 9.47 Å². The standard InChI is InChI=1S/C17H25NO2/c1-18(12-15-3-2-9-19-13-15)8-6-14-4-5-17-16(11-14)7-10-20-17/h4-5,11,15H,2-3,6-10,12-13H2,1H3/t15-/m1/s1. The summed E-state index contributed by atoms with van der Waals surface area (Å²) in [7, 11) is 2.23. The molecule has 0 radical (unpaired) electrons. The van der Waals surface area contributed by atoms with Crippen LogP contribution in [0.15, 0.2) is 18.2 Å². The lowest BCUT2D eigenvalue weighted by Crippen LogP contribution is -2.32. The van der Waals surface area contributed by atoms with Gasteiger partial charge in [0, 0.05) is 26.1 Å². The molecule has 2 heterocycles. The molecule has 110 valence electrons. The number of hydrogen-bond acceptors (Lipinski definition) is 3. The second-order valence-electron chi connectivity index (χ2n) is 6.14. The van der Waals surface area contributed by atoms with Crippen LogP contribution in [0.1, 0.15) is 24.0 Å². The highest BCUT2D eigenvalue weighted by molar-refractivity contribution is 5.39. The van der Waals surface area contributed by atoms with Crippen molar-refractivity contribution in [2.24, 2.45) is 5.92 Å². The molecule has 0 aliphatic carbocycles. The molecule has 1 saturated heterocycles. The topological polar surface area (TPSA) is 21.7 Å². The molecule has 0 saturated carbocycles. The number of ether oxygens (including phenoxy) is 2. The first-order chi connectivity index (χ1) is 9.81. The van der Waals surface area contributed by atoms with Gasteiger partial charge in [0.2, 0.25) is 0 Å². The number of fused-ring (bicyclic) bond motifs is 1. The third-order valence-corrected chi connectivity index (χ3v) is 4.36.